The van der Waals surface area contributed by atoms with Gasteiger partial charge in [-0.05, 0) is 25.0 Å². The van der Waals surface area contributed by atoms with E-state index < -0.39 is 5.60 Å². The van der Waals surface area contributed by atoms with Crippen molar-refractivity contribution in [2.75, 3.05) is 44.7 Å². The molecular formula is C17H20N4O5. The largest absolute Gasteiger partial charge is 0.480 e. The van der Waals surface area contributed by atoms with Gasteiger partial charge in [0.2, 0.25) is 5.91 Å². The van der Waals surface area contributed by atoms with E-state index in [0.717, 1.165) is 12.8 Å². The molecule has 0 bridgehead atoms. The SMILES string of the molecule is CN1CC2(CCCN(C(=O)CN3C(=O)COc4cccnc43)C2)OC1=O. The monoisotopic (exact) mass is 360 g/mol. The lowest BCUT2D eigenvalue weighted by molar-refractivity contribution is -0.136. The van der Waals surface area contributed by atoms with Crippen LogP contribution in [0.15, 0.2) is 18.3 Å². The lowest BCUT2D eigenvalue weighted by Gasteiger charge is -2.39. The minimum Gasteiger partial charge on any atom is -0.480 e. The number of aromatic nitrogens is 1. The van der Waals surface area contributed by atoms with E-state index in [1.165, 1.54) is 9.80 Å². The highest BCUT2D eigenvalue weighted by molar-refractivity contribution is 6.01. The molecule has 138 valence electrons. The molecule has 1 aromatic heterocycles. The van der Waals surface area contributed by atoms with Crippen molar-refractivity contribution in [3.05, 3.63) is 18.3 Å². The van der Waals surface area contributed by atoms with Crippen molar-refractivity contribution in [3.8, 4) is 5.75 Å². The molecule has 1 spiro atoms. The van der Waals surface area contributed by atoms with Gasteiger partial charge in [-0.15, -0.1) is 0 Å². The molecule has 26 heavy (non-hydrogen) atoms. The number of nitrogens with zero attached hydrogens (tertiary/aromatic N) is 4. The van der Waals surface area contributed by atoms with E-state index in [1.807, 2.05) is 0 Å². The summed E-state index contributed by atoms with van der Waals surface area (Å²) in [5.74, 6) is 0.349. The van der Waals surface area contributed by atoms with Gasteiger partial charge in [0.05, 0.1) is 13.1 Å². The molecule has 4 rings (SSSR count). The normalized spacial score (nSPS) is 25.2. The summed E-state index contributed by atoms with van der Waals surface area (Å²) < 4.78 is 10.9. The third-order valence-electron chi connectivity index (χ3n) is 4.99. The highest BCUT2D eigenvalue weighted by Gasteiger charge is 2.47. The molecule has 0 N–H and O–H groups in total. The van der Waals surface area contributed by atoms with Gasteiger partial charge in [0.1, 0.15) is 12.1 Å². The van der Waals surface area contributed by atoms with Crippen molar-refractivity contribution in [3.63, 3.8) is 0 Å². The Hall–Kier alpha value is -2.84. The first-order chi connectivity index (χ1) is 12.5. The maximum absolute atomic E-state index is 12.8. The number of likely N-dealkylation sites (N-methyl/N-ethyl adjacent to an activating group) is 1. The summed E-state index contributed by atoms with van der Waals surface area (Å²) in [6, 6.07) is 3.43. The topological polar surface area (TPSA) is 92.3 Å². The zero-order valence-electron chi connectivity index (χ0n) is 14.5. The van der Waals surface area contributed by atoms with Crippen LogP contribution in [0.1, 0.15) is 12.8 Å². The molecule has 3 amide bonds. The predicted octanol–water partition coefficient (Wildman–Crippen LogP) is 0.250. The highest BCUT2D eigenvalue weighted by Crippen LogP contribution is 2.32. The lowest BCUT2D eigenvalue weighted by Crippen LogP contribution is -2.55. The number of piperidine rings is 1. The van der Waals surface area contributed by atoms with E-state index >= 15 is 0 Å². The van der Waals surface area contributed by atoms with Crippen LogP contribution in [0.25, 0.3) is 0 Å². The summed E-state index contributed by atoms with van der Waals surface area (Å²) in [6.07, 6.45) is 2.68. The second-order valence-corrected chi connectivity index (χ2v) is 6.92. The third-order valence-corrected chi connectivity index (χ3v) is 4.99. The summed E-state index contributed by atoms with van der Waals surface area (Å²) in [7, 11) is 1.69. The van der Waals surface area contributed by atoms with Gasteiger partial charge >= 0.3 is 6.09 Å². The van der Waals surface area contributed by atoms with Gasteiger partial charge in [-0.25, -0.2) is 9.78 Å². The molecule has 0 aliphatic carbocycles. The van der Waals surface area contributed by atoms with E-state index in [9.17, 15) is 14.4 Å². The molecule has 2 saturated heterocycles. The van der Waals surface area contributed by atoms with Crippen LogP contribution in [0, 0.1) is 0 Å². The molecule has 0 radical (unpaired) electrons. The van der Waals surface area contributed by atoms with Gasteiger partial charge in [-0.1, -0.05) is 0 Å². The predicted molar refractivity (Wildman–Crippen MR) is 89.7 cm³/mol. The van der Waals surface area contributed by atoms with Gasteiger partial charge < -0.3 is 19.3 Å². The van der Waals surface area contributed by atoms with Crippen LogP contribution in [-0.2, 0) is 14.3 Å². The van der Waals surface area contributed by atoms with Gasteiger partial charge in [-0.3, -0.25) is 14.5 Å². The molecule has 9 heteroatoms. The van der Waals surface area contributed by atoms with Crippen molar-refractivity contribution in [1.82, 2.24) is 14.8 Å². The molecule has 2 fully saturated rings. The van der Waals surface area contributed by atoms with Crippen molar-refractivity contribution >= 4 is 23.7 Å². The fraction of sp³-hybridized carbons (Fsp3) is 0.529. The first-order valence-electron chi connectivity index (χ1n) is 8.57. The Kier molecular flexibility index (Phi) is 3.93. The van der Waals surface area contributed by atoms with Crippen LogP contribution in [0.5, 0.6) is 5.75 Å². The minimum atomic E-state index is -0.648. The maximum Gasteiger partial charge on any atom is 0.410 e. The van der Waals surface area contributed by atoms with E-state index in [4.69, 9.17) is 9.47 Å². The number of pyridine rings is 1. The Labute approximate surface area is 150 Å². The number of amides is 3. The molecular weight excluding hydrogens is 340 g/mol. The summed E-state index contributed by atoms with van der Waals surface area (Å²) in [6.45, 7) is 1.17. The second kappa shape index (κ2) is 6.15. The van der Waals surface area contributed by atoms with E-state index in [2.05, 4.69) is 4.98 Å². The van der Waals surface area contributed by atoms with Crippen LogP contribution >= 0.6 is 0 Å². The minimum absolute atomic E-state index is 0.105. The first kappa shape index (κ1) is 16.6. The molecule has 9 nitrogen and oxygen atoms in total. The zero-order valence-corrected chi connectivity index (χ0v) is 14.5. The summed E-state index contributed by atoms with van der Waals surface area (Å²) >= 11 is 0. The van der Waals surface area contributed by atoms with E-state index in [-0.39, 0.29) is 31.1 Å². The number of fused-ring (bicyclic) bond motifs is 1. The third kappa shape index (κ3) is 2.83. The van der Waals surface area contributed by atoms with Crippen LogP contribution in [0.3, 0.4) is 0 Å². The molecule has 3 aliphatic rings. The smallest absolute Gasteiger partial charge is 0.410 e. The number of likely N-dealkylation sites (tertiary alicyclic amines) is 1. The summed E-state index contributed by atoms with van der Waals surface area (Å²) in [5.41, 5.74) is -0.648. The molecule has 3 aliphatic heterocycles. The average molecular weight is 360 g/mol. The van der Waals surface area contributed by atoms with Gasteiger partial charge in [-0.2, -0.15) is 0 Å². The molecule has 1 aromatic rings. The molecule has 1 atom stereocenters. The number of hydrogen-bond acceptors (Lipinski definition) is 6. The maximum atomic E-state index is 12.8. The van der Waals surface area contributed by atoms with Crippen LogP contribution in [0.4, 0.5) is 10.6 Å². The highest BCUT2D eigenvalue weighted by atomic mass is 16.6. The average Bonchev–Trinajstić information content (AvgIpc) is 2.90. The fourth-order valence-electron chi connectivity index (χ4n) is 3.75. The van der Waals surface area contributed by atoms with E-state index in [0.29, 0.717) is 31.2 Å². The Bertz CT molecular complexity index is 769. The molecule has 0 aromatic carbocycles. The Balaban J connectivity index is 1.48. The summed E-state index contributed by atoms with van der Waals surface area (Å²) in [4.78, 5) is 45.5. The van der Waals surface area contributed by atoms with Gasteiger partial charge in [0, 0.05) is 19.8 Å². The van der Waals surface area contributed by atoms with E-state index in [1.54, 1.807) is 30.3 Å². The van der Waals surface area contributed by atoms with Crippen molar-refractivity contribution in [2.24, 2.45) is 0 Å². The zero-order chi connectivity index (χ0) is 18.3. The van der Waals surface area contributed by atoms with Crippen molar-refractivity contribution < 1.29 is 23.9 Å². The number of carbonyl (C=O) groups is 3. The number of anilines is 1. The number of ether oxygens (including phenoxy) is 2. The quantitative estimate of drug-likeness (QED) is 0.751. The van der Waals surface area contributed by atoms with Crippen LogP contribution in [0.2, 0.25) is 0 Å². The first-order valence-corrected chi connectivity index (χ1v) is 8.57. The molecule has 1 unspecified atom stereocenters. The molecule has 4 heterocycles. The lowest BCUT2D eigenvalue weighted by atomic mass is 9.92. The van der Waals surface area contributed by atoms with Crippen molar-refractivity contribution in [1.29, 1.82) is 0 Å². The number of hydrogen-bond donors (Lipinski definition) is 0. The van der Waals surface area contributed by atoms with Crippen LogP contribution < -0.4 is 9.64 Å². The fourth-order valence-corrected chi connectivity index (χ4v) is 3.75. The standard InChI is InChI=1S/C17H20N4O5/c1-19-10-17(26-16(19)24)5-3-7-20(11-17)13(22)8-21-14(23)9-25-12-4-2-6-18-15(12)21/h2,4,6H,3,5,7-11H2,1H3. The second-order valence-electron chi connectivity index (χ2n) is 6.92. The Morgan fingerprint density at radius 3 is 2.96 bits per heavy atom. The molecule has 0 saturated carbocycles. The van der Waals surface area contributed by atoms with Gasteiger partial charge in [0.15, 0.2) is 18.2 Å². The Morgan fingerprint density at radius 1 is 1.35 bits per heavy atom. The van der Waals surface area contributed by atoms with Crippen molar-refractivity contribution in [2.45, 2.75) is 18.4 Å². The van der Waals surface area contributed by atoms with Gasteiger partial charge in [0.25, 0.3) is 5.91 Å². The van der Waals surface area contributed by atoms with Crippen LogP contribution in [-0.4, -0.2) is 78.1 Å². The summed E-state index contributed by atoms with van der Waals surface area (Å²) in [5, 5.41) is 0. The number of carbonyl (C=O) groups excluding carboxylic acids is 3. The Morgan fingerprint density at radius 2 is 2.19 bits per heavy atom. The number of rotatable bonds is 2.